The maximum Gasteiger partial charge on any atom is 0.222 e. The smallest absolute Gasteiger partial charge is 0.222 e. The van der Waals surface area contributed by atoms with E-state index in [0.29, 0.717) is 56.6 Å². The van der Waals surface area contributed by atoms with Crippen LogP contribution < -0.4 is 19.5 Å². The second kappa shape index (κ2) is 11.2. The van der Waals surface area contributed by atoms with Gasteiger partial charge in [-0.3, -0.25) is 9.59 Å². The molecular formula is C26H33FN2O5. The van der Waals surface area contributed by atoms with Crippen molar-refractivity contribution in [3.63, 3.8) is 0 Å². The summed E-state index contributed by atoms with van der Waals surface area (Å²) in [5.41, 5.74) is 1.37. The summed E-state index contributed by atoms with van der Waals surface area (Å²) in [6.07, 6.45) is 3.06. The molecule has 1 aliphatic heterocycles. The summed E-state index contributed by atoms with van der Waals surface area (Å²) in [7, 11) is 6.40. The summed E-state index contributed by atoms with van der Waals surface area (Å²) in [5, 5.41) is 3.07. The van der Waals surface area contributed by atoms with Crippen molar-refractivity contribution in [3.8, 4) is 17.2 Å². The van der Waals surface area contributed by atoms with E-state index < -0.39 is 11.4 Å². The molecule has 1 fully saturated rings. The minimum atomic E-state index is -0.528. The number of benzene rings is 2. The van der Waals surface area contributed by atoms with E-state index in [1.165, 1.54) is 13.2 Å². The zero-order valence-electron chi connectivity index (χ0n) is 20.3. The Labute approximate surface area is 200 Å². The highest BCUT2D eigenvalue weighted by Crippen LogP contribution is 2.32. The van der Waals surface area contributed by atoms with E-state index in [1.807, 2.05) is 18.2 Å². The molecule has 8 heteroatoms. The van der Waals surface area contributed by atoms with Crippen LogP contribution in [0.15, 0.2) is 36.4 Å². The van der Waals surface area contributed by atoms with E-state index in [0.717, 1.165) is 11.1 Å². The Hall–Kier alpha value is -3.29. The van der Waals surface area contributed by atoms with Gasteiger partial charge < -0.3 is 24.4 Å². The number of ether oxygens (including phenoxy) is 3. The van der Waals surface area contributed by atoms with Crippen LogP contribution in [0.2, 0.25) is 0 Å². The normalized spacial score (nSPS) is 17.3. The maximum atomic E-state index is 13.8. The number of halogens is 1. The third kappa shape index (κ3) is 6.18. The molecule has 1 saturated heterocycles. The van der Waals surface area contributed by atoms with Crippen LogP contribution in [0.5, 0.6) is 17.2 Å². The van der Waals surface area contributed by atoms with Gasteiger partial charge in [0.15, 0.2) is 23.1 Å². The fourth-order valence-corrected chi connectivity index (χ4v) is 4.38. The van der Waals surface area contributed by atoms with Crippen molar-refractivity contribution < 1.29 is 28.2 Å². The van der Waals surface area contributed by atoms with Crippen molar-refractivity contribution in [3.05, 3.63) is 53.3 Å². The molecule has 34 heavy (non-hydrogen) atoms. The predicted octanol–water partition coefficient (Wildman–Crippen LogP) is 3.52. The van der Waals surface area contributed by atoms with Gasteiger partial charge in [0.05, 0.1) is 21.3 Å². The van der Waals surface area contributed by atoms with Gasteiger partial charge in [-0.1, -0.05) is 12.1 Å². The van der Waals surface area contributed by atoms with E-state index in [-0.39, 0.29) is 17.6 Å². The van der Waals surface area contributed by atoms with E-state index >= 15 is 0 Å². The first kappa shape index (κ1) is 25.3. The molecule has 1 heterocycles. The van der Waals surface area contributed by atoms with Crippen LogP contribution in [0.4, 0.5) is 4.39 Å². The molecule has 184 valence electrons. The summed E-state index contributed by atoms with van der Waals surface area (Å²) in [4.78, 5) is 26.6. The van der Waals surface area contributed by atoms with E-state index in [2.05, 4.69) is 5.32 Å². The number of methoxy groups -OCH3 is 3. The molecule has 0 bridgehead atoms. The van der Waals surface area contributed by atoms with Gasteiger partial charge in [0.1, 0.15) is 0 Å². The van der Waals surface area contributed by atoms with Crippen LogP contribution in [0.1, 0.15) is 36.8 Å². The second-order valence-electron chi connectivity index (χ2n) is 8.73. The Balaban J connectivity index is 1.59. The fourth-order valence-electron chi connectivity index (χ4n) is 4.38. The van der Waals surface area contributed by atoms with Crippen LogP contribution in [-0.4, -0.2) is 57.2 Å². The molecule has 0 spiro atoms. The van der Waals surface area contributed by atoms with E-state index in [1.54, 1.807) is 38.3 Å². The highest BCUT2D eigenvalue weighted by Gasteiger charge is 2.38. The molecule has 1 N–H and O–H groups in total. The lowest BCUT2D eigenvalue weighted by Crippen LogP contribution is -2.44. The molecule has 2 amide bonds. The van der Waals surface area contributed by atoms with Gasteiger partial charge in [0.2, 0.25) is 11.8 Å². The Morgan fingerprint density at radius 3 is 2.35 bits per heavy atom. The summed E-state index contributed by atoms with van der Waals surface area (Å²) in [6, 6.07) is 10.4. The van der Waals surface area contributed by atoms with Crippen molar-refractivity contribution in [2.24, 2.45) is 0 Å². The average Bonchev–Trinajstić information content (AvgIpc) is 3.22. The number of amides is 2. The molecule has 1 aliphatic rings. The number of nitrogens with zero attached hydrogens (tertiary/aromatic N) is 1. The molecule has 0 aromatic heterocycles. The summed E-state index contributed by atoms with van der Waals surface area (Å²) in [6.45, 7) is 0.558. The number of rotatable bonds is 11. The third-order valence-corrected chi connectivity index (χ3v) is 6.42. The van der Waals surface area contributed by atoms with Gasteiger partial charge in [-0.15, -0.1) is 0 Å². The summed E-state index contributed by atoms with van der Waals surface area (Å²) >= 11 is 0. The lowest BCUT2D eigenvalue weighted by Gasteiger charge is -2.30. The van der Waals surface area contributed by atoms with Gasteiger partial charge in [0.25, 0.3) is 0 Å². The number of nitrogens with one attached hydrogen (secondary N) is 1. The average molecular weight is 473 g/mol. The first-order chi connectivity index (χ1) is 16.3. The number of carbonyl (C=O) groups excluding carboxylic acids is 2. The van der Waals surface area contributed by atoms with Gasteiger partial charge in [-0.2, -0.15) is 0 Å². The molecular weight excluding hydrogens is 439 g/mol. The standard InChI is InChI=1S/C26H33FN2O5/c1-29(14-11-18-6-8-21(32-2)23(15-18)34-4)25(31)10-13-26(12-9-24(30)28-26)17-19-5-7-20(27)22(16-19)33-3/h5-8,15-16H,9-14,17H2,1-4H3,(H,28,30)/t26-/m0/s1. The lowest BCUT2D eigenvalue weighted by atomic mass is 9.84. The molecule has 2 aromatic carbocycles. The van der Waals surface area contributed by atoms with Gasteiger partial charge in [-0.25, -0.2) is 4.39 Å². The second-order valence-corrected chi connectivity index (χ2v) is 8.73. The summed E-state index contributed by atoms with van der Waals surface area (Å²) in [5.74, 6) is 1.05. The zero-order chi connectivity index (χ0) is 24.7. The zero-order valence-corrected chi connectivity index (χ0v) is 20.3. The number of hydrogen-bond donors (Lipinski definition) is 1. The Morgan fingerprint density at radius 1 is 1.03 bits per heavy atom. The Bertz CT molecular complexity index is 1030. The first-order valence-electron chi connectivity index (χ1n) is 11.4. The van der Waals surface area contributed by atoms with Crippen LogP contribution in [-0.2, 0) is 22.4 Å². The van der Waals surface area contributed by atoms with Crippen molar-refractivity contribution >= 4 is 11.8 Å². The topological polar surface area (TPSA) is 77.1 Å². The third-order valence-electron chi connectivity index (χ3n) is 6.42. The Morgan fingerprint density at radius 2 is 1.71 bits per heavy atom. The van der Waals surface area contributed by atoms with Crippen LogP contribution >= 0.6 is 0 Å². The number of carbonyl (C=O) groups is 2. The van der Waals surface area contributed by atoms with E-state index in [4.69, 9.17) is 14.2 Å². The van der Waals surface area contributed by atoms with Crippen LogP contribution in [0, 0.1) is 5.82 Å². The highest BCUT2D eigenvalue weighted by atomic mass is 19.1. The largest absolute Gasteiger partial charge is 0.494 e. The monoisotopic (exact) mass is 472 g/mol. The van der Waals surface area contributed by atoms with Crippen molar-refractivity contribution in [2.45, 2.75) is 44.1 Å². The van der Waals surface area contributed by atoms with Crippen molar-refractivity contribution in [1.82, 2.24) is 10.2 Å². The number of hydrogen-bond acceptors (Lipinski definition) is 5. The molecule has 1 atom stereocenters. The van der Waals surface area contributed by atoms with Crippen molar-refractivity contribution in [1.29, 1.82) is 0 Å². The summed E-state index contributed by atoms with van der Waals surface area (Å²) < 4.78 is 29.5. The highest BCUT2D eigenvalue weighted by molar-refractivity contribution is 5.80. The molecule has 0 unspecified atom stereocenters. The minimum absolute atomic E-state index is 0.0117. The molecule has 0 radical (unpaired) electrons. The van der Waals surface area contributed by atoms with Crippen molar-refractivity contribution in [2.75, 3.05) is 34.9 Å². The quantitative estimate of drug-likeness (QED) is 0.542. The molecule has 0 aliphatic carbocycles. The lowest BCUT2D eigenvalue weighted by molar-refractivity contribution is -0.130. The minimum Gasteiger partial charge on any atom is -0.494 e. The molecule has 3 rings (SSSR count). The van der Waals surface area contributed by atoms with Gasteiger partial charge in [-0.05, 0) is 61.1 Å². The molecule has 2 aromatic rings. The predicted molar refractivity (Wildman–Crippen MR) is 127 cm³/mol. The van der Waals surface area contributed by atoms with E-state index in [9.17, 15) is 14.0 Å². The maximum absolute atomic E-state index is 13.8. The van der Waals surface area contributed by atoms with Gasteiger partial charge >= 0.3 is 0 Å². The van der Waals surface area contributed by atoms with Crippen LogP contribution in [0.3, 0.4) is 0 Å². The Kier molecular flexibility index (Phi) is 8.36. The van der Waals surface area contributed by atoms with Gasteiger partial charge in [0, 0.05) is 32.0 Å². The SMILES string of the molecule is COc1cc(C[C@@]2(CCC(=O)N(C)CCc3ccc(OC)c(OC)c3)CCC(=O)N2)ccc1F. The molecule has 7 nitrogen and oxygen atoms in total. The fraction of sp³-hybridized carbons (Fsp3) is 0.462. The molecule has 0 saturated carbocycles. The first-order valence-corrected chi connectivity index (χ1v) is 11.4. The number of likely N-dealkylation sites (N-methyl/N-ethyl adjacent to an activating group) is 1. The van der Waals surface area contributed by atoms with Crippen LogP contribution in [0.25, 0.3) is 0 Å².